The summed E-state index contributed by atoms with van der Waals surface area (Å²) in [6.07, 6.45) is -4.05. The average molecular weight is 388 g/mol. The molecule has 0 saturated carbocycles. The van der Waals surface area contributed by atoms with Gasteiger partial charge in [-0.25, -0.2) is 4.98 Å². The van der Waals surface area contributed by atoms with Crippen LogP contribution in [0.2, 0.25) is 5.02 Å². The molecule has 9 heteroatoms. The predicted octanol–water partition coefficient (Wildman–Crippen LogP) is 3.75. The Morgan fingerprint density at radius 3 is 2.65 bits per heavy atom. The van der Waals surface area contributed by atoms with Crippen molar-refractivity contribution in [1.29, 1.82) is 0 Å². The van der Waals surface area contributed by atoms with Crippen LogP contribution in [0, 0.1) is 0 Å². The number of amides is 1. The van der Waals surface area contributed by atoms with Gasteiger partial charge in [0.15, 0.2) is 6.10 Å². The summed E-state index contributed by atoms with van der Waals surface area (Å²) in [6.45, 7) is 1.72. The summed E-state index contributed by atoms with van der Waals surface area (Å²) in [5, 5.41) is 5.52. The van der Waals surface area contributed by atoms with Gasteiger partial charge in [0.1, 0.15) is 11.6 Å². The summed E-state index contributed by atoms with van der Waals surface area (Å²) in [7, 11) is 0. The average Bonchev–Trinajstić information content (AvgIpc) is 2.60. The van der Waals surface area contributed by atoms with E-state index in [4.69, 9.17) is 16.3 Å². The van der Waals surface area contributed by atoms with Crippen LogP contribution in [-0.4, -0.2) is 30.1 Å². The highest BCUT2D eigenvalue weighted by molar-refractivity contribution is 6.32. The van der Waals surface area contributed by atoms with Crippen molar-refractivity contribution in [2.75, 3.05) is 18.4 Å². The van der Waals surface area contributed by atoms with Crippen LogP contribution in [0.4, 0.5) is 19.0 Å². The molecule has 2 N–H and O–H groups in total. The minimum absolute atomic E-state index is 0.0741. The normalized spacial score (nSPS) is 12.3. The maximum absolute atomic E-state index is 12.9. The molecule has 0 aliphatic carbocycles. The van der Waals surface area contributed by atoms with Gasteiger partial charge >= 0.3 is 6.18 Å². The summed E-state index contributed by atoms with van der Waals surface area (Å²) in [5.41, 5.74) is -0.859. The number of ether oxygens (including phenoxy) is 1. The number of rotatable bonds is 7. The molecule has 1 heterocycles. The van der Waals surface area contributed by atoms with Crippen molar-refractivity contribution in [3.8, 4) is 5.75 Å². The van der Waals surface area contributed by atoms with Gasteiger partial charge in [-0.2, -0.15) is 13.2 Å². The number of hydrogen-bond acceptors (Lipinski definition) is 4. The number of pyridine rings is 1. The number of nitrogens with one attached hydrogen (secondary N) is 2. The van der Waals surface area contributed by atoms with E-state index in [-0.39, 0.29) is 18.9 Å². The third kappa shape index (κ3) is 5.52. The molecule has 0 spiro atoms. The Morgan fingerprint density at radius 1 is 1.23 bits per heavy atom. The molecule has 1 aromatic carbocycles. The lowest BCUT2D eigenvalue weighted by molar-refractivity contribution is -0.137. The number of carbonyl (C=O) groups excluding carboxylic acids is 1. The minimum atomic E-state index is -4.50. The van der Waals surface area contributed by atoms with Crippen molar-refractivity contribution >= 4 is 23.3 Å². The Labute approximate surface area is 153 Å². The molecule has 26 heavy (non-hydrogen) atoms. The maximum atomic E-state index is 12.9. The van der Waals surface area contributed by atoms with Crippen molar-refractivity contribution in [2.45, 2.75) is 19.2 Å². The first-order valence-electron chi connectivity index (χ1n) is 7.74. The number of benzene rings is 1. The fourth-order valence-electron chi connectivity index (χ4n) is 2.07. The van der Waals surface area contributed by atoms with E-state index < -0.39 is 23.8 Å². The minimum Gasteiger partial charge on any atom is -0.479 e. The van der Waals surface area contributed by atoms with Crippen LogP contribution in [0.15, 0.2) is 42.6 Å². The number of hydrogen-bond donors (Lipinski definition) is 2. The van der Waals surface area contributed by atoms with E-state index in [0.717, 1.165) is 6.07 Å². The maximum Gasteiger partial charge on any atom is 0.419 e. The Hall–Kier alpha value is -2.48. The summed E-state index contributed by atoms with van der Waals surface area (Å²) >= 11 is 5.95. The Balaban J connectivity index is 1.81. The third-order valence-corrected chi connectivity index (χ3v) is 3.65. The highest BCUT2D eigenvalue weighted by Crippen LogP contribution is 2.33. The molecule has 0 aliphatic rings. The highest BCUT2D eigenvalue weighted by atomic mass is 35.5. The summed E-state index contributed by atoms with van der Waals surface area (Å²) in [6, 6.07) is 8.88. The van der Waals surface area contributed by atoms with Crippen molar-refractivity contribution in [2.24, 2.45) is 0 Å². The number of anilines is 1. The Bertz CT molecular complexity index is 756. The standard InChI is InChI=1S/C17H17ClF3N3O2/c1-11(26-14-7-3-2-6-13(14)18)16(25)24-10-9-23-15-12(17(19,20)21)5-4-8-22-15/h2-8,11H,9-10H2,1H3,(H,22,23)(H,24,25)/t11-/m1/s1. The van der Waals surface area contributed by atoms with Crippen LogP contribution in [0.5, 0.6) is 5.75 Å². The first-order valence-corrected chi connectivity index (χ1v) is 8.12. The van der Waals surface area contributed by atoms with Crippen LogP contribution >= 0.6 is 11.6 Å². The van der Waals surface area contributed by atoms with E-state index >= 15 is 0 Å². The van der Waals surface area contributed by atoms with E-state index in [1.54, 1.807) is 31.2 Å². The molecule has 0 aliphatic heterocycles. The van der Waals surface area contributed by atoms with Crippen LogP contribution in [-0.2, 0) is 11.0 Å². The first-order chi connectivity index (χ1) is 12.3. The molecule has 0 radical (unpaired) electrons. The topological polar surface area (TPSA) is 63.2 Å². The fourth-order valence-corrected chi connectivity index (χ4v) is 2.25. The second kappa shape index (κ2) is 8.75. The first kappa shape index (κ1) is 19.8. The van der Waals surface area contributed by atoms with Gasteiger partial charge in [0.05, 0.1) is 10.6 Å². The van der Waals surface area contributed by atoms with E-state index in [2.05, 4.69) is 15.6 Å². The quantitative estimate of drug-likeness (QED) is 0.710. The molecule has 1 amide bonds. The molecule has 0 unspecified atom stereocenters. The van der Waals surface area contributed by atoms with Gasteiger partial charge in [-0.1, -0.05) is 23.7 Å². The fraction of sp³-hybridized carbons (Fsp3) is 0.294. The van der Waals surface area contributed by atoms with Gasteiger partial charge in [-0.15, -0.1) is 0 Å². The molecule has 0 saturated heterocycles. The van der Waals surface area contributed by atoms with E-state index in [1.165, 1.54) is 12.3 Å². The smallest absolute Gasteiger partial charge is 0.419 e. The van der Waals surface area contributed by atoms with Gasteiger partial charge < -0.3 is 15.4 Å². The number of carbonyl (C=O) groups is 1. The van der Waals surface area contributed by atoms with Crippen molar-refractivity contribution in [3.63, 3.8) is 0 Å². The zero-order valence-corrected chi connectivity index (χ0v) is 14.6. The molecule has 2 rings (SSSR count). The Morgan fingerprint density at radius 2 is 1.96 bits per heavy atom. The van der Waals surface area contributed by atoms with Crippen molar-refractivity contribution in [3.05, 3.63) is 53.2 Å². The SMILES string of the molecule is C[C@@H](Oc1ccccc1Cl)C(=O)NCCNc1ncccc1C(F)(F)F. The number of alkyl halides is 3. The summed E-state index contributed by atoms with van der Waals surface area (Å²) in [5.74, 6) is -0.323. The largest absolute Gasteiger partial charge is 0.479 e. The molecule has 0 bridgehead atoms. The summed E-state index contributed by atoms with van der Waals surface area (Å²) < 4.78 is 44.0. The lowest BCUT2D eigenvalue weighted by Gasteiger charge is -2.16. The van der Waals surface area contributed by atoms with Gasteiger partial charge in [0.25, 0.3) is 5.91 Å². The monoisotopic (exact) mass is 387 g/mol. The van der Waals surface area contributed by atoms with Gasteiger partial charge in [0, 0.05) is 19.3 Å². The van der Waals surface area contributed by atoms with Crippen molar-refractivity contribution in [1.82, 2.24) is 10.3 Å². The van der Waals surface area contributed by atoms with Gasteiger partial charge in [-0.05, 0) is 31.2 Å². The molecule has 1 atom stereocenters. The number of para-hydroxylation sites is 1. The second-order valence-corrected chi connectivity index (χ2v) is 5.71. The van der Waals surface area contributed by atoms with E-state index in [9.17, 15) is 18.0 Å². The molecule has 5 nitrogen and oxygen atoms in total. The molecule has 140 valence electrons. The lowest BCUT2D eigenvalue weighted by atomic mass is 10.2. The van der Waals surface area contributed by atoms with Crippen molar-refractivity contribution < 1.29 is 22.7 Å². The van der Waals surface area contributed by atoms with E-state index in [1.807, 2.05) is 0 Å². The number of nitrogens with zero attached hydrogens (tertiary/aromatic N) is 1. The predicted molar refractivity (Wildman–Crippen MR) is 92.3 cm³/mol. The second-order valence-electron chi connectivity index (χ2n) is 5.31. The molecule has 1 aromatic heterocycles. The van der Waals surface area contributed by atoms with Gasteiger partial charge in [0.2, 0.25) is 0 Å². The number of aromatic nitrogens is 1. The van der Waals surface area contributed by atoms with Crippen LogP contribution in [0.3, 0.4) is 0 Å². The van der Waals surface area contributed by atoms with Crippen LogP contribution < -0.4 is 15.4 Å². The molecular formula is C17H17ClF3N3O2. The number of halogens is 4. The molecule has 2 aromatic rings. The highest BCUT2D eigenvalue weighted by Gasteiger charge is 2.33. The molecular weight excluding hydrogens is 371 g/mol. The van der Waals surface area contributed by atoms with E-state index in [0.29, 0.717) is 10.8 Å². The summed E-state index contributed by atoms with van der Waals surface area (Å²) in [4.78, 5) is 15.7. The van der Waals surface area contributed by atoms with Crippen LogP contribution in [0.1, 0.15) is 12.5 Å². The van der Waals surface area contributed by atoms with Crippen LogP contribution in [0.25, 0.3) is 0 Å². The van der Waals surface area contributed by atoms with Gasteiger partial charge in [-0.3, -0.25) is 4.79 Å². The lowest BCUT2D eigenvalue weighted by Crippen LogP contribution is -2.38. The molecule has 0 fully saturated rings. The Kier molecular flexibility index (Phi) is 6.68. The zero-order valence-electron chi connectivity index (χ0n) is 13.8. The third-order valence-electron chi connectivity index (χ3n) is 3.34. The zero-order chi connectivity index (χ0) is 19.2.